The van der Waals surface area contributed by atoms with Crippen LogP contribution in [0.3, 0.4) is 0 Å². The predicted molar refractivity (Wildman–Crippen MR) is 100.0 cm³/mol. The second-order valence-electron chi connectivity index (χ2n) is 5.95. The maximum Gasteiger partial charge on any atom is 0.329 e. The van der Waals surface area contributed by atoms with E-state index in [9.17, 15) is 24.5 Å². The fraction of sp³-hybridized carbons (Fsp3) is 0.263. The molecule has 1 N–H and O–H groups in total. The highest BCUT2D eigenvalue weighted by molar-refractivity contribution is 5.97. The lowest BCUT2D eigenvalue weighted by Gasteiger charge is -2.25. The van der Waals surface area contributed by atoms with Crippen LogP contribution in [0.4, 0.5) is 5.69 Å². The number of esters is 2. The van der Waals surface area contributed by atoms with Crippen LogP contribution in [0.1, 0.15) is 28.3 Å². The van der Waals surface area contributed by atoms with Crippen molar-refractivity contribution in [1.29, 1.82) is 0 Å². The van der Waals surface area contributed by atoms with E-state index in [1.54, 1.807) is 6.07 Å². The molecule has 1 heterocycles. The molecule has 0 saturated heterocycles. The summed E-state index contributed by atoms with van der Waals surface area (Å²) in [6.45, 7) is 0. The van der Waals surface area contributed by atoms with Gasteiger partial charge in [-0.1, -0.05) is 12.1 Å². The average molecular weight is 401 g/mol. The second kappa shape index (κ2) is 9.93. The average Bonchev–Trinajstić information content (AvgIpc) is 2.75. The summed E-state index contributed by atoms with van der Waals surface area (Å²) in [6.07, 6.45) is 2.55. The Morgan fingerprint density at radius 1 is 1.14 bits per heavy atom. The van der Waals surface area contributed by atoms with Crippen molar-refractivity contribution >= 4 is 23.5 Å². The van der Waals surface area contributed by atoms with E-state index >= 15 is 0 Å². The molecular weight excluding hydrogens is 382 g/mol. The maximum absolute atomic E-state index is 12.5. The third kappa shape index (κ3) is 5.58. The zero-order valence-corrected chi connectivity index (χ0v) is 15.7. The molecule has 1 amide bonds. The molecular formula is C19H19N3O7. The van der Waals surface area contributed by atoms with Crippen molar-refractivity contribution in [2.45, 2.75) is 18.4 Å². The summed E-state index contributed by atoms with van der Waals surface area (Å²) in [5.41, 5.74) is 0.476. The molecule has 2 rings (SSSR count). The lowest BCUT2D eigenvalue weighted by Crippen LogP contribution is -2.46. The summed E-state index contributed by atoms with van der Waals surface area (Å²) < 4.78 is 9.49. The molecule has 2 aromatic rings. The van der Waals surface area contributed by atoms with Crippen LogP contribution in [-0.2, 0) is 19.1 Å². The number of non-ortho nitro benzene ring substituents is 1. The molecule has 1 aromatic carbocycles. The largest absolute Gasteiger partial charge is 0.469 e. The molecule has 0 bridgehead atoms. The van der Waals surface area contributed by atoms with Gasteiger partial charge < -0.3 is 14.8 Å². The van der Waals surface area contributed by atoms with Gasteiger partial charge in [-0.2, -0.15) is 0 Å². The van der Waals surface area contributed by atoms with Gasteiger partial charge in [-0.3, -0.25) is 24.7 Å². The third-order valence-electron chi connectivity index (χ3n) is 4.21. The number of nitro benzene ring substituents is 1. The van der Waals surface area contributed by atoms with Crippen LogP contribution in [-0.4, -0.2) is 48.0 Å². The Bertz CT molecular complexity index is 884. The van der Waals surface area contributed by atoms with Crippen LogP contribution in [0, 0.1) is 10.1 Å². The van der Waals surface area contributed by atoms with E-state index in [0.29, 0.717) is 5.56 Å². The minimum Gasteiger partial charge on any atom is -0.469 e. The first-order chi connectivity index (χ1) is 13.9. The number of hydrogen-bond donors (Lipinski definition) is 1. The quantitative estimate of drug-likeness (QED) is 0.400. The second-order valence-corrected chi connectivity index (χ2v) is 5.95. The first kappa shape index (κ1) is 21.5. The molecule has 0 spiro atoms. The van der Waals surface area contributed by atoms with Crippen LogP contribution in [0.25, 0.3) is 0 Å². The number of ether oxygens (including phenoxy) is 2. The molecule has 10 nitrogen and oxygen atoms in total. The topological polar surface area (TPSA) is 138 Å². The molecule has 0 saturated carbocycles. The minimum absolute atomic E-state index is 0.153. The van der Waals surface area contributed by atoms with Gasteiger partial charge in [0, 0.05) is 30.4 Å². The van der Waals surface area contributed by atoms with Gasteiger partial charge in [-0.15, -0.1) is 0 Å². The van der Waals surface area contributed by atoms with E-state index in [0.717, 1.165) is 7.11 Å². The number of methoxy groups -OCH3 is 2. The highest BCUT2D eigenvalue weighted by atomic mass is 16.6. The van der Waals surface area contributed by atoms with Gasteiger partial charge >= 0.3 is 11.9 Å². The number of nitrogens with zero attached hydrogens (tertiary/aromatic N) is 2. The van der Waals surface area contributed by atoms with Gasteiger partial charge in [-0.05, 0) is 17.7 Å². The summed E-state index contributed by atoms with van der Waals surface area (Å²) >= 11 is 0. The fourth-order valence-corrected chi connectivity index (χ4v) is 2.71. The maximum atomic E-state index is 12.5. The molecule has 0 fully saturated rings. The van der Waals surface area contributed by atoms with Gasteiger partial charge in [0.2, 0.25) is 0 Å². The Labute approximate surface area is 166 Å². The number of hydrogen-bond acceptors (Lipinski definition) is 8. The summed E-state index contributed by atoms with van der Waals surface area (Å²) in [5, 5.41) is 13.4. The first-order valence-electron chi connectivity index (χ1n) is 8.47. The third-order valence-corrected chi connectivity index (χ3v) is 4.21. The number of aromatic nitrogens is 1. The first-order valence-corrected chi connectivity index (χ1v) is 8.47. The molecule has 0 aliphatic heterocycles. The van der Waals surface area contributed by atoms with Gasteiger partial charge in [0.1, 0.15) is 6.04 Å². The smallest absolute Gasteiger partial charge is 0.329 e. The van der Waals surface area contributed by atoms with Crippen molar-refractivity contribution in [3.8, 4) is 0 Å². The van der Waals surface area contributed by atoms with E-state index in [2.05, 4.69) is 10.3 Å². The van der Waals surface area contributed by atoms with Gasteiger partial charge in [-0.25, -0.2) is 4.79 Å². The number of pyridine rings is 1. The number of nitro groups is 1. The summed E-state index contributed by atoms with van der Waals surface area (Å²) in [4.78, 5) is 51.1. The molecule has 2 atom stereocenters. The van der Waals surface area contributed by atoms with Crippen LogP contribution in [0.5, 0.6) is 0 Å². The van der Waals surface area contributed by atoms with E-state index < -0.39 is 34.7 Å². The number of benzene rings is 1. The molecule has 10 heteroatoms. The van der Waals surface area contributed by atoms with Crippen molar-refractivity contribution in [2.75, 3.05) is 14.2 Å². The van der Waals surface area contributed by atoms with Crippen molar-refractivity contribution < 1.29 is 28.8 Å². The lowest BCUT2D eigenvalue weighted by molar-refractivity contribution is -0.384. The zero-order chi connectivity index (χ0) is 21.4. The van der Waals surface area contributed by atoms with E-state index in [-0.39, 0.29) is 17.7 Å². The van der Waals surface area contributed by atoms with Crippen molar-refractivity contribution in [3.63, 3.8) is 0 Å². The summed E-state index contributed by atoms with van der Waals surface area (Å²) in [6, 6.07) is 7.15. The Balaban J connectivity index is 2.40. The van der Waals surface area contributed by atoms with Crippen LogP contribution in [0.2, 0.25) is 0 Å². The van der Waals surface area contributed by atoms with E-state index in [4.69, 9.17) is 9.47 Å². The van der Waals surface area contributed by atoms with Crippen molar-refractivity contribution in [2.24, 2.45) is 0 Å². The Morgan fingerprint density at radius 3 is 2.34 bits per heavy atom. The number of amides is 1. The molecule has 0 aliphatic rings. The normalized spacial score (nSPS) is 12.3. The highest BCUT2D eigenvalue weighted by Crippen LogP contribution is 2.27. The molecule has 0 aliphatic carbocycles. The molecule has 0 unspecified atom stereocenters. The zero-order valence-electron chi connectivity index (χ0n) is 15.7. The Hall–Kier alpha value is -3.82. The monoisotopic (exact) mass is 401 g/mol. The highest BCUT2D eigenvalue weighted by Gasteiger charge is 2.34. The Morgan fingerprint density at radius 2 is 1.83 bits per heavy atom. The molecule has 29 heavy (non-hydrogen) atoms. The predicted octanol–water partition coefficient (Wildman–Crippen LogP) is 1.61. The van der Waals surface area contributed by atoms with E-state index in [1.807, 2.05) is 0 Å². The van der Waals surface area contributed by atoms with Crippen molar-refractivity contribution in [1.82, 2.24) is 10.3 Å². The van der Waals surface area contributed by atoms with E-state index in [1.165, 1.54) is 49.8 Å². The van der Waals surface area contributed by atoms with Crippen LogP contribution < -0.4 is 5.32 Å². The molecule has 152 valence electrons. The minimum atomic E-state index is -1.24. The number of carbonyl (C=O) groups is 3. The number of rotatable bonds is 8. The SMILES string of the molecule is COC(=O)C[C@H](c1ccc([N+](=O)[O-])cc1)[C@@H](NC(=O)c1cccnc1)C(=O)OC. The summed E-state index contributed by atoms with van der Waals surface area (Å²) in [5.74, 6) is -2.88. The number of carbonyl (C=O) groups excluding carboxylic acids is 3. The molecule has 0 radical (unpaired) electrons. The summed E-state index contributed by atoms with van der Waals surface area (Å²) in [7, 11) is 2.34. The van der Waals surface area contributed by atoms with Gasteiger partial charge in [0.25, 0.3) is 11.6 Å². The Kier molecular flexibility index (Phi) is 7.35. The fourth-order valence-electron chi connectivity index (χ4n) is 2.71. The van der Waals surface area contributed by atoms with Crippen LogP contribution >= 0.6 is 0 Å². The standard InChI is InChI=1S/C19H19N3O7/c1-28-16(23)10-15(12-5-7-14(8-6-12)22(26)27)17(19(25)29-2)21-18(24)13-4-3-9-20-11-13/h3-9,11,15,17H,10H2,1-2H3,(H,21,24)/t15-,17-/m1/s1. The van der Waals surface area contributed by atoms with Gasteiger partial charge in [0.05, 0.1) is 31.1 Å². The number of nitrogens with one attached hydrogen (secondary N) is 1. The van der Waals surface area contributed by atoms with Crippen molar-refractivity contribution in [3.05, 3.63) is 70.0 Å². The lowest BCUT2D eigenvalue weighted by atomic mass is 9.88. The molecule has 1 aromatic heterocycles. The van der Waals surface area contributed by atoms with Crippen LogP contribution in [0.15, 0.2) is 48.8 Å². The van der Waals surface area contributed by atoms with Gasteiger partial charge in [0.15, 0.2) is 0 Å².